The van der Waals surface area contributed by atoms with Crippen LogP contribution in [0.4, 0.5) is 0 Å². The Labute approximate surface area is 151 Å². The van der Waals surface area contributed by atoms with E-state index >= 15 is 0 Å². The lowest BCUT2D eigenvalue weighted by atomic mass is 9.87. The largest absolute Gasteiger partial charge is 0.342 e. The Kier molecular flexibility index (Phi) is 6.79. The normalized spacial score (nSPS) is 21.3. The monoisotopic (exact) mass is 351 g/mol. The van der Waals surface area contributed by atoms with E-state index in [1.807, 2.05) is 18.9 Å². The van der Waals surface area contributed by atoms with Crippen LogP contribution >= 0.6 is 11.8 Å². The number of aromatic nitrogens is 2. The van der Waals surface area contributed by atoms with Crippen LogP contribution in [-0.4, -0.2) is 39.2 Å². The highest BCUT2D eigenvalue weighted by Crippen LogP contribution is 2.28. The van der Waals surface area contributed by atoms with E-state index in [0.29, 0.717) is 17.7 Å². The van der Waals surface area contributed by atoms with Gasteiger partial charge in [0.25, 0.3) is 0 Å². The van der Waals surface area contributed by atoms with Crippen molar-refractivity contribution >= 4 is 17.7 Å². The number of rotatable bonds is 6. The van der Waals surface area contributed by atoms with Crippen LogP contribution in [0.2, 0.25) is 0 Å². The number of hydrogen-bond donors (Lipinski definition) is 0. The van der Waals surface area contributed by atoms with Gasteiger partial charge in [-0.15, -0.1) is 0 Å². The standard InChI is InChI=1S/C19H33N3OS/c1-13(2)11-22-16(5)15(4)20-19(22)24-12-18(23)21(6)17-9-7-14(3)8-10-17/h13-14,17H,7-12H2,1-6H3. The van der Waals surface area contributed by atoms with E-state index in [4.69, 9.17) is 0 Å². The summed E-state index contributed by atoms with van der Waals surface area (Å²) in [5.74, 6) is 2.10. The number of carbonyl (C=O) groups excluding carboxylic acids is 1. The van der Waals surface area contributed by atoms with Gasteiger partial charge in [-0.3, -0.25) is 4.79 Å². The third-order valence-electron chi connectivity index (χ3n) is 5.22. The van der Waals surface area contributed by atoms with E-state index in [1.54, 1.807) is 11.8 Å². The fourth-order valence-corrected chi connectivity index (χ4v) is 4.40. The molecule has 1 aromatic heterocycles. The maximum absolute atomic E-state index is 12.6. The Balaban J connectivity index is 1.95. The van der Waals surface area contributed by atoms with Crippen LogP contribution in [0.3, 0.4) is 0 Å². The molecule has 0 bridgehead atoms. The molecule has 5 heteroatoms. The molecule has 2 rings (SSSR count). The summed E-state index contributed by atoms with van der Waals surface area (Å²) >= 11 is 1.59. The van der Waals surface area contributed by atoms with E-state index in [1.165, 1.54) is 18.5 Å². The molecule has 1 amide bonds. The van der Waals surface area contributed by atoms with Crippen molar-refractivity contribution in [3.63, 3.8) is 0 Å². The second kappa shape index (κ2) is 8.41. The topological polar surface area (TPSA) is 38.1 Å². The fourth-order valence-electron chi connectivity index (χ4n) is 3.38. The Morgan fingerprint density at radius 2 is 1.92 bits per heavy atom. The fraction of sp³-hybridized carbons (Fsp3) is 0.789. The highest BCUT2D eigenvalue weighted by Gasteiger charge is 2.25. The van der Waals surface area contributed by atoms with Gasteiger partial charge in [0.2, 0.25) is 5.91 Å². The Morgan fingerprint density at radius 1 is 1.29 bits per heavy atom. The van der Waals surface area contributed by atoms with Crippen molar-refractivity contribution in [2.45, 2.75) is 78.0 Å². The molecule has 1 saturated carbocycles. The van der Waals surface area contributed by atoms with Crippen LogP contribution in [-0.2, 0) is 11.3 Å². The van der Waals surface area contributed by atoms with Gasteiger partial charge in [-0.1, -0.05) is 32.5 Å². The summed E-state index contributed by atoms with van der Waals surface area (Å²) in [4.78, 5) is 19.2. The first kappa shape index (κ1) is 19.4. The van der Waals surface area contributed by atoms with Crippen LogP contribution in [0.15, 0.2) is 5.16 Å². The van der Waals surface area contributed by atoms with Crippen molar-refractivity contribution in [1.82, 2.24) is 14.5 Å². The van der Waals surface area contributed by atoms with Gasteiger partial charge < -0.3 is 9.47 Å². The van der Waals surface area contributed by atoms with Gasteiger partial charge in [-0.2, -0.15) is 0 Å². The summed E-state index contributed by atoms with van der Waals surface area (Å²) in [5.41, 5.74) is 2.29. The summed E-state index contributed by atoms with van der Waals surface area (Å²) in [6, 6.07) is 0.424. The van der Waals surface area contributed by atoms with Crippen LogP contribution in [0, 0.1) is 25.7 Å². The molecule has 0 atom stereocenters. The first-order valence-corrected chi connectivity index (χ1v) is 10.2. The molecule has 0 aromatic carbocycles. The number of carbonyl (C=O) groups is 1. The number of amides is 1. The lowest BCUT2D eigenvalue weighted by Crippen LogP contribution is -2.40. The Hall–Kier alpha value is -0.970. The summed E-state index contributed by atoms with van der Waals surface area (Å²) in [5, 5.41) is 0.984. The minimum absolute atomic E-state index is 0.231. The van der Waals surface area contributed by atoms with Crippen LogP contribution in [0.1, 0.15) is 57.8 Å². The molecule has 0 unspecified atom stereocenters. The van der Waals surface area contributed by atoms with Crippen LogP contribution in [0.25, 0.3) is 0 Å². The number of nitrogens with zero attached hydrogens (tertiary/aromatic N) is 3. The van der Waals surface area contributed by atoms with Crippen LogP contribution in [0.5, 0.6) is 0 Å². The maximum atomic E-state index is 12.6. The molecule has 1 fully saturated rings. The van der Waals surface area contributed by atoms with E-state index in [-0.39, 0.29) is 5.91 Å². The third kappa shape index (κ3) is 4.78. The highest BCUT2D eigenvalue weighted by molar-refractivity contribution is 7.99. The van der Waals surface area contributed by atoms with Gasteiger partial charge >= 0.3 is 0 Å². The maximum Gasteiger partial charge on any atom is 0.233 e. The van der Waals surface area contributed by atoms with E-state index in [0.717, 1.165) is 36.2 Å². The van der Waals surface area contributed by atoms with E-state index in [9.17, 15) is 4.79 Å². The number of hydrogen-bond acceptors (Lipinski definition) is 3. The molecule has 136 valence electrons. The quantitative estimate of drug-likeness (QED) is 0.718. The van der Waals surface area contributed by atoms with Gasteiger partial charge in [-0.25, -0.2) is 4.98 Å². The smallest absolute Gasteiger partial charge is 0.233 e. The third-order valence-corrected chi connectivity index (χ3v) is 6.18. The zero-order valence-electron chi connectivity index (χ0n) is 16.1. The minimum Gasteiger partial charge on any atom is -0.342 e. The number of aryl methyl sites for hydroxylation is 1. The van der Waals surface area contributed by atoms with Crippen molar-refractivity contribution in [3.05, 3.63) is 11.4 Å². The summed E-state index contributed by atoms with van der Waals surface area (Å²) < 4.78 is 2.26. The predicted molar refractivity (Wildman–Crippen MR) is 101 cm³/mol. The lowest BCUT2D eigenvalue weighted by Gasteiger charge is -2.33. The van der Waals surface area contributed by atoms with Crippen molar-refractivity contribution in [1.29, 1.82) is 0 Å². The van der Waals surface area contributed by atoms with Gasteiger partial charge in [-0.05, 0) is 51.4 Å². The second-order valence-electron chi connectivity index (χ2n) is 7.78. The highest BCUT2D eigenvalue weighted by atomic mass is 32.2. The Morgan fingerprint density at radius 3 is 2.50 bits per heavy atom. The van der Waals surface area contributed by atoms with E-state index < -0.39 is 0 Å². The van der Waals surface area contributed by atoms with Gasteiger partial charge in [0, 0.05) is 25.3 Å². The van der Waals surface area contributed by atoms with Gasteiger partial charge in [0.05, 0.1) is 11.4 Å². The van der Waals surface area contributed by atoms with Gasteiger partial charge in [0.1, 0.15) is 0 Å². The predicted octanol–water partition coefficient (Wildman–Crippen LogP) is 4.29. The molecule has 1 aromatic rings. The summed E-state index contributed by atoms with van der Waals surface area (Å²) in [6.07, 6.45) is 4.78. The molecule has 1 aliphatic rings. The number of imidazole rings is 1. The van der Waals surface area contributed by atoms with Crippen molar-refractivity contribution in [3.8, 4) is 0 Å². The zero-order chi connectivity index (χ0) is 17.9. The summed E-state index contributed by atoms with van der Waals surface area (Å²) in [7, 11) is 1.97. The molecular weight excluding hydrogens is 318 g/mol. The lowest BCUT2D eigenvalue weighted by molar-refractivity contribution is -0.129. The summed E-state index contributed by atoms with van der Waals surface area (Å²) in [6.45, 7) is 11.9. The van der Waals surface area contributed by atoms with Crippen molar-refractivity contribution < 1.29 is 4.79 Å². The first-order valence-electron chi connectivity index (χ1n) is 9.21. The molecule has 0 aliphatic heterocycles. The molecule has 24 heavy (non-hydrogen) atoms. The molecule has 0 saturated heterocycles. The molecule has 1 aliphatic carbocycles. The van der Waals surface area contributed by atoms with Gasteiger partial charge in [0.15, 0.2) is 5.16 Å². The average Bonchev–Trinajstić information content (AvgIpc) is 2.80. The average molecular weight is 352 g/mol. The Bertz CT molecular complexity index is 559. The molecule has 0 spiro atoms. The second-order valence-corrected chi connectivity index (χ2v) is 8.72. The molecule has 4 nitrogen and oxygen atoms in total. The molecule has 0 radical (unpaired) electrons. The molecular formula is C19H33N3OS. The zero-order valence-corrected chi connectivity index (χ0v) is 16.9. The van der Waals surface area contributed by atoms with Crippen LogP contribution < -0.4 is 0 Å². The SMILES string of the molecule is Cc1nc(SCC(=O)N(C)C2CCC(C)CC2)n(CC(C)C)c1C. The number of thioether (sulfide) groups is 1. The molecule has 1 heterocycles. The van der Waals surface area contributed by atoms with Crippen molar-refractivity contribution in [2.75, 3.05) is 12.8 Å². The minimum atomic E-state index is 0.231. The van der Waals surface area contributed by atoms with E-state index in [2.05, 4.69) is 37.2 Å². The molecule has 0 N–H and O–H groups in total. The first-order chi connectivity index (χ1) is 11.3. The van der Waals surface area contributed by atoms with Crippen molar-refractivity contribution in [2.24, 2.45) is 11.8 Å².